The van der Waals surface area contributed by atoms with E-state index in [1.807, 2.05) is 30.5 Å². The van der Waals surface area contributed by atoms with Crippen LogP contribution in [-0.4, -0.2) is 23.3 Å². The van der Waals surface area contributed by atoms with Gasteiger partial charge in [-0.3, -0.25) is 4.98 Å². The highest BCUT2D eigenvalue weighted by atomic mass is 16.6. The molecule has 1 unspecified atom stereocenters. The number of nitrogens with zero attached hydrogens (tertiary/aromatic N) is 1. The molecule has 1 aliphatic heterocycles. The maximum Gasteiger partial charge on any atom is 0.161 e. The van der Waals surface area contributed by atoms with Gasteiger partial charge in [0, 0.05) is 18.3 Å². The number of hydrogen-bond acceptors (Lipinski definition) is 4. The maximum atomic E-state index is 10.4. The van der Waals surface area contributed by atoms with E-state index in [1.165, 1.54) is 5.56 Å². The van der Waals surface area contributed by atoms with E-state index in [-0.39, 0.29) is 0 Å². The zero-order valence-corrected chi connectivity index (χ0v) is 12.1. The fraction of sp³-hybridized carbons (Fsp3) is 0.353. The first-order valence-corrected chi connectivity index (χ1v) is 7.27. The van der Waals surface area contributed by atoms with Gasteiger partial charge in [-0.25, -0.2) is 0 Å². The van der Waals surface area contributed by atoms with Gasteiger partial charge < -0.3 is 14.6 Å². The van der Waals surface area contributed by atoms with Crippen LogP contribution in [0.2, 0.25) is 0 Å². The lowest BCUT2D eigenvalue weighted by Gasteiger charge is -2.20. The fourth-order valence-corrected chi connectivity index (χ4v) is 2.37. The normalized spacial score (nSPS) is 14.8. The molecule has 0 saturated heterocycles. The number of aliphatic hydroxyl groups is 1. The minimum atomic E-state index is -0.596. The van der Waals surface area contributed by atoms with E-state index >= 15 is 0 Å². The Morgan fingerprint density at radius 1 is 1.14 bits per heavy atom. The molecule has 0 radical (unpaired) electrons. The zero-order chi connectivity index (χ0) is 14.7. The summed E-state index contributed by atoms with van der Waals surface area (Å²) in [5.41, 5.74) is 2.91. The fourth-order valence-electron chi connectivity index (χ4n) is 2.37. The van der Waals surface area contributed by atoms with E-state index in [1.54, 1.807) is 0 Å². The van der Waals surface area contributed by atoms with Gasteiger partial charge in [0.25, 0.3) is 0 Å². The molecule has 3 rings (SSSR count). The molecule has 0 bridgehead atoms. The first-order chi connectivity index (χ1) is 10.3. The van der Waals surface area contributed by atoms with Crippen LogP contribution in [0.25, 0.3) is 0 Å². The van der Waals surface area contributed by atoms with Crippen molar-refractivity contribution in [2.45, 2.75) is 25.9 Å². The summed E-state index contributed by atoms with van der Waals surface area (Å²) < 4.78 is 11.0. The quantitative estimate of drug-likeness (QED) is 0.938. The molecular weight excluding hydrogens is 266 g/mol. The lowest BCUT2D eigenvalue weighted by molar-refractivity contribution is 0.164. The van der Waals surface area contributed by atoms with Gasteiger partial charge >= 0.3 is 0 Å². The van der Waals surface area contributed by atoms with Crippen molar-refractivity contribution in [1.29, 1.82) is 0 Å². The number of aliphatic hydroxyl groups excluding tert-OH is 1. The third kappa shape index (κ3) is 3.16. The molecule has 0 aliphatic carbocycles. The number of aromatic nitrogens is 1. The molecule has 0 amide bonds. The monoisotopic (exact) mass is 285 g/mol. The summed E-state index contributed by atoms with van der Waals surface area (Å²) in [6.07, 6.45) is 2.73. The van der Waals surface area contributed by atoms with E-state index in [2.05, 4.69) is 18.0 Å². The third-order valence-electron chi connectivity index (χ3n) is 3.65. The minimum Gasteiger partial charge on any atom is -0.486 e. The largest absolute Gasteiger partial charge is 0.486 e. The number of benzene rings is 1. The number of ether oxygens (including phenoxy) is 2. The van der Waals surface area contributed by atoms with Crippen molar-refractivity contribution >= 4 is 0 Å². The molecule has 2 heterocycles. The number of fused-ring (bicyclic) bond motifs is 1. The van der Waals surface area contributed by atoms with Gasteiger partial charge in [0.1, 0.15) is 13.2 Å². The standard InChI is InChI=1S/C17H19NO3/c1-2-12-3-5-14(18-11-12)10-15(19)13-4-6-16-17(9-13)21-8-7-20-16/h3-6,9,11,15,19H,2,7-8,10H2,1H3. The Kier molecular flexibility index (Phi) is 4.06. The van der Waals surface area contributed by atoms with Crippen molar-refractivity contribution < 1.29 is 14.6 Å². The summed E-state index contributed by atoms with van der Waals surface area (Å²) in [5, 5.41) is 10.4. The zero-order valence-electron chi connectivity index (χ0n) is 12.1. The highest BCUT2D eigenvalue weighted by Crippen LogP contribution is 2.33. The second-order valence-corrected chi connectivity index (χ2v) is 5.13. The number of hydrogen-bond donors (Lipinski definition) is 1. The van der Waals surface area contributed by atoms with Crippen LogP contribution in [0.4, 0.5) is 0 Å². The van der Waals surface area contributed by atoms with E-state index in [9.17, 15) is 5.11 Å². The van der Waals surface area contributed by atoms with Gasteiger partial charge in [-0.2, -0.15) is 0 Å². The van der Waals surface area contributed by atoms with Crippen LogP contribution < -0.4 is 9.47 Å². The Morgan fingerprint density at radius 2 is 1.95 bits per heavy atom. The molecular formula is C17H19NO3. The van der Waals surface area contributed by atoms with Crippen LogP contribution >= 0.6 is 0 Å². The SMILES string of the molecule is CCc1ccc(CC(O)c2ccc3c(c2)OCCO3)nc1. The molecule has 1 aromatic carbocycles. The average Bonchev–Trinajstić information content (AvgIpc) is 2.55. The van der Waals surface area contributed by atoms with Crippen LogP contribution in [0.1, 0.15) is 29.8 Å². The van der Waals surface area contributed by atoms with E-state index in [0.29, 0.717) is 25.4 Å². The van der Waals surface area contributed by atoms with Crippen molar-refractivity contribution in [2.75, 3.05) is 13.2 Å². The van der Waals surface area contributed by atoms with E-state index in [0.717, 1.165) is 23.4 Å². The minimum absolute atomic E-state index is 0.490. The Hall–Kier alpha value is -2.07. The summed E-state index contributed by atoms with van der Waals surface area (Å²) in [4.78, 5) is 4.39. The van der Waals surface area contributed by atoms with Crippen LogP contribution in [-0.2, 0) is 12.8 Å². The Morgan fingerprint density at radius 3 is 2.67 bits per heavy atom. The average molecular weight is 285 g/mol. The number of rotatable bonds is 4. The van der Waals surface area contributed by atoms with Gasteiger partial charge in [0.05, 0.1) is 6.10 Å². The molecule has 21 heavy (non-hydrogen) atoms. The third-order valence-corrected chi connectivity index (χ3v) is 3.65. The Balaban J connectivity index is 1.73. The molecule has 1 aromatic heterocycles. The van der Waals surface area contributed by atoms with Crippen molar-refractivity contribution in [3.8, 4) is 11.5 Å². The van der Waals surface area contributed by atoms with Crippen molar-refractivity contribution in [1.82, 2.24) is 4.98 Å². The smallest absolute Gasteiger partial charge is 0.161 e. The predicted molar refractivity (Wildman–Crippen MR) is 79.7 cm³/mol. The lowest BCUT2D eigenvalue weighted by Crippen LogP contribution is -2.15. The van der Waals surface area contributed by atoms with Crippen LogP contribution in [0.5, 0.6) is 11.5 Å². The van der Waals surface area contributed by atoms with Gasteiger partial charge in [-0.15, -0.1) is 0 Å². The summed E-state index contributed by atoms with van der Waals surface area (Å²) in [6.45, 7) is 3.22. The second kappa shape index (κ2) is 6.14. The summed E-state index contributed by atoms with van der Waals surface area (Å²) >= 11 is 0. The molecule has 0 spiro atoms. The molecule has 2 aromatic rings. The predicted octanol–water partition coefficient (Wildman–Crippen LogP) is 2.69. The van der Waals surface area contributed by atoms with Gasteiger partial charge in [0.15, 0.2) is 11.5 Å². The first kappa shape index (κ1) is 13.9. The summed E-state index contributed by atoms with van der Waals surface area (Å²) in [7, 11) is 0. The molecule has 1 aliphatic rings. The van der Waals surface area contributed by atoms with Crippen LogP contribution in [0.3, 0.4) is 0 Å². The molecule has 0 fully saturated rings. The highest BCUT2D eigenvalue weighted by Gasteiger charge is 2.16. The van der Waals surface area contributed by atoms with Crippen molar-refractivity contribution in [3.05, 3.63) is 53.3 Å². The van der Waals surface area contributed by atoms with Gasteiger partial charge in [-0.05, 0) is 35.7 Å². The first-order valence-electron chi connectivity index (χ1n) is 7.27. The molecule has 1 N–H and O–H groups in total. The topological polar surface area (TPSA) is 51.6 Å². The van der Waals surface area contributed by atoms with Gasteiger partial charge in [0.2, 0.25) is 0 Å². The second-order valence-electron chi connectivity index (χ2n) is 5.13. The lowest BCUT2D eigenvalue weighted by atomic mass is 10.0. The molecule has 4 heteroatoms. The highest BCUT2D eigenvalue weighted by molar-refractivity contribution is 5.44. The van der Waals surface area contributed by atoms with E-state index < -0.39 is 6.10 Å². The maximum absolute atomic E-state index is 10.4. The number of pyridine rings is 1. The molecule has 0 saturated carbocycles. The van der Waals surface area contributed by atoms with Crippen LogP contribution in [0, 0.1) is 0 Å². The van der Waals surface area contributed by atoms with E-state index in [4.69, 9.17) is 9.47 Å². The summed E-state index contributed by atoms with van der Waals surface area (Å²) in [6, 6.07) is 9.59. The Bertz CT molecular complexity index is 610. The van der Waals surface area contributed by atoms with Crippen LogP contribution in [0.15, 0.2) is 36.5 Å². The Labute approximate surface area is 124 Å². The van der Waals surface area contributed by atoms with Gasteiger partial charge in [-0.1, -0.05) is 19.1 Å². The number of aryl methyl sites for hydroxylation is 1. The van der Waals surface area contributed by atoms with Crippen molar-refractivity contribution in [2.24, 2.45) is 0 Å². The van der Waals surface area contributed by atoms with Crippen molar-refractivity contribution in [3.63, 3.8) is 0 Å². The molecule has 110 valence electrons. The molecule has 4 nitrogen and oxygen atoms in total. The molecule has 1 atom stereocenters. The summed E-state index contributed by atoms with van der Waals surface area (Å²) in [5.74, 6) is 1.44.